The van der Waals surface area contributed by atoms with Crippen molar-refractivity contribution in [3.8, 4) is 0 Å². The first-order chi connectivity index (χ1) is 7.70. The van der Waals surface area contributed by atoms with Crippen molar-refractivity contribution in [3.63, 3.8) is 0 Å². The maximum atomic E-state index is 12.0. The van der Waals surface area contributed by atoms with Crippen molar-refractivity contribution in [1.82, 2.24) is 9.78 Å². The zero-order valence-electron chi connectivity index (χ0n) is 8.81. The molecule has 0 N–H and O–H groups in total. The fourth-order valence-electron chi connectivity index (χ4n) is 1.41. The second-order valence-electron chi connectivity index (χ2n) is 3.42. The predicted octanol–water partition coefficient (Wildman–Crippen LogP) is 3.35. The first kappa shape index (κ1) is 11.5. The molecule has 0 saturated carbocycles. The molecule has 0 aliphatic rings. The van der Waals surface area contributed by atoms with Crippen LogP contribution in [-0.4, -0.2) is 15.6 Å². The molecule has 0 amide bonds. The van der Waals surface area contributed by atoms with E-state index in [4.69, 9.17) is 0 Å². The van der Waals surface area contributed by atoms with Crippen LogP contribution in [0.5, 0.6) is 0 Å². The number of rotatable bonds is 4. The molecule has 0 atom stereocenters. The first-order valence-corrected chi connectivity index (χ1v) is 6.64. The van der Waals surface area contributed by atoms with Gasteiger partial charge in [-0.15, -0.1) is 11.3 Å². The lowest BCUT2D eigenvalue weighted by atomic mass is 10.2. The van der Waals surface area contributed by atoms with E-state index in [1.54, 1.807) is 17.1 Å². The average Bonchev–Trinajstić information content (AvgIpc) is 2.87. The molecule has 2 heterocycles. The van der Waals surface area contributed by atoms with Gasteiger partial charge in [0, 0.05) is 12.7 Å². The maximum Gasteiger partial charge on any atom is 0.206 e. The normalized spacial score (nSPS) is 10.6. The largest absolute Gasteiger partial charge is 0.288 e. The number of halogens is 1. The second-order valence-corrected chi connectivity index (χ2v) is 5.89. The third kappa shape index (κ3) is 2.41. The van der Waals surface area contributed by atoms with Gasteiger partial charge in [0.2, 0.25) is 5.78 Å². The van der Waals surface area contributed by atoms with Crippen LogP contribution >= 0.6 is 27.3 Å². The lowest BCUT2D eigenvalue weighted by molar-refractivity contribution is 0.104. The van der Waals surface area contributed by atoms with Gasteiger partial charge >= 0.3 is 0 Å². The third-order valence-corrected chi connectivity index (χ3v) is 3.77. The number of nitrogens with zero attached hydrogens (tertiary/aromatic N) is 2. The van der Waals surface area contributed by atoms with Crippen LogP contribution in [0.25, 0.3) is 0 Å². The molecule has 0 fully saturated rings. The number of hydrogen-bond donors (Lipinski definition) is 0. The van der Waals surface area contributed by atoms with Crippen LogP contribution in [-0.2, 0) is 6.54 Å². The van der Waals surface area contributed by atoms with Crippen LogP contribution in [0.15, 0.2) is 28.3 Å². The Kier molecular flexibility index (Phi) is 3.56. The van der Waals surface area contributed by atoms with Gasteiger partial charge in [-0.25, -0.2) is 0 Å². The molecule has 0 bridgehead atoms. The summed E-state index contributed by atoms with van der Waals surface area (Å²) in [5.41, 5.74) is 0.655. The van der Waals surface area contributed by atoms with E-state index in [2.05, 4.69) is 28.0 Å². The molecule has 0 saturated heterocycles. The summed E-state index contributed by atoms with van der Waals surface area (Å²) in [5.74, 6) is 0.0399. The van der Waals surface area contributed by atoms with Crippen LogP contribution < -0.4 is 0 Å². The van der Waals surface area contributed by atoms with Gasteiger partial charge in [-0.1, -0.05) is 6.92 Å². The molecule has 16 heavy (non-hydrogen) atoms. The number of hydrogen-bond acceptors (Lipinski definition) is 3. The Morgan fingerprint density at radius 3 is 3.00 bits per heavy atom. The smallest absolute Gasteiger partial charge is 0.206 e. The van der Waals surface area contributed by atoms with Gasteiger partial charge in [-0.05, 0) is 34.5 Å². The molecule has 0 radical (unpaired) electrons. The second kappa shape index (κ2) is 4.93. The van der Waals surface area contributed by atoms with Gasteiger partial charge in [0.05, 0.1) is 20.4 Å². The van der Waals surface area contributed by atoms with Gasteiger partial charge in [0.15, 0.2) is 0 Å². The lowest BCUT2D eigenvalue weighted by Crippen LogP contribution is -1.98. The van der Waals surface area contributed by atoms with E-state index < -0.39 is 0 Å². The highest BCUT2D eigenvalue weighted by Gasteiger charge is 2.13. The Morgan fingerprint density at radius 2 is 2.38 bits per heavy atom. The molecule has 5 heteroatoms. The van der Waals surface area contributed by atoms with E-state index in [1.807, 2.05) is 12.1 Å². The van der Waals surface area contributed by atoms with Gasteiger partial charge in [0.1, 0.15) is 0 Å². The molecule has 2 rings (SSSR count). The van der Waals surface area contributed by atoms with Crippen molar-refractivity contribution >= 4 is 33.0 Å². The quantitative estimate of drug-likeness (QED) is 0.812. The van der Waals surface area contributed by atoms with E-state index >= 15 is 0 Å². The zero-order chi connectivity index (χ0) is 11.5. The summed E-state index contributed by atoms with van der Waals surface area (Å²) in [7, 11) is 0. The van der Waals surface area contributed by atoms with Gasteiger partial charge < -0.3 is 0 Å². The Labute approximate surface area is 106 Å². The summed E-state index contributed by atoms with van der Waals surface area (Å²) in [6.45, 7) is 2.93. The molecular formula is C11H11BrN2OS. The highest BCUT2D eigenvalue weighted by Crippen LogP contribution is 2.24. The molecule has 84 valence electrons. The Balaban J connectivity index is 2.20. The van der Waals surface area contributed by atoms with E-state index in [-0.39, 0.29) is 5.78 Å². The predicted molar refractivity (Wildman–Crippen MR) is 68.0 cm³/mol. The third-order valence-electron chi connectivity index (χ3n) is 2.15. The summed E-state index contributed by atoms with van der Waals surface area (Å²) in [6, 6.07) is 3.71. The molecule has 2 aromatic rings. The first-order valence-electron chi connectivity index (χ1n) is 5.03. The Morgan fingerprint density at radius 1 is 1.56 bits per heavy atom. The minimum atomic E-state index is 0.0399. The van der Waals surface area contributed by atoms with Crippen molar-refractivity contribution < 1.29 is 4.79 Å². The minimum Gasteiger partial charge on any atom is -0.288 e. The summed E-state index contributed by atoms with van der Waals surface area (Å²) < 4.78 is 2.77. The molecule has 2 aromatic heterocycles. The van der Waals surface area contributed by atoms with Crippen molar-refractivity contribution in [2.75, 3.05) is 0 Å². The lowest BCUT2D eigenvalue weighted by Gasteiger charge is -1.95. The maximum absolute atomic E-state index is 12.0. The SMILES string of the molecule is CCCn1cc(C(=O)c2ccc(Br)s2)cn1. The van der Waals surface area contributed by atoms with Gasteiger partial charge in [-0.3, -0.25) is 9.48 Å². The van der Waals surface area contributed by atoms with Gasteiger partial charge in [-0.2, -0.15) is 5.10 Å². The van der Waals surface area contributed by atoms with Crippen molar-refractivity contribution in [3.05, 3.63) is 38.8 Å². The summed E-state index contributed by atoms with van der Waals surface area (Å²) >= 11 is 4.79. The Bertz CT molecular complexity index is 504. The van der Waals surface area contributed by atoms with E-state index in [9.17, 15) is 4.79 Å². The number of aryl methyl sites for hydroxylation is 1. The van der Waals surface area contributed by atoms with Crippen molar-refractivity contribution in [2.24, 2.45) is 0 Å². The van der Waals surface area contributed by atoms with Crippen LogP contribution in [0, 0.1) is 0 Å². The highest BCUT2D eigenvalue weighted by molar-refractivity contribution is 9.11. The fourth-order valence-corrected chi connectivity index (χ4v) is 2.76. The number of carbonyl (C=O) groups is 1. The van der Waals surface area contributed by atoms with E-state index in [0.717, 1.165) is 21.6 Å². The zero-order valence-corrected chi connectivity index (χ0v) is 11.2. The van der Waals surface area contributed by atoms with Crippen LogP contribution in [0.1, 0.15) is 28.6 Å². The molecule has 3 nitrogen and oxygen atoms in total. The van der Waals surface area contributed by atoms with Gasteiger partial charge in [0.25, 0.3) is 0 Å². The average molecular weight is 299 g/mol. The summed E-state index contributed by atoms with van der Waals surface area (Å²) in [5, 5.41) is 4.15. The van der Waals surface area contributed by atoms with Crippen molar-refractivity contribution in [1.29, 1.82) is 0 Å². The molecule has 0 spiro atoms. The minimum absolute atomic E-state index is 0.0399. The number of ketones is 1. The molecule has 0 aliphatic heterocycles. The molecule has 0 aliphatic carbocycles. The van der Waals surface area contributed by atoms with Crippen LogP contribution in [0.3, 0.4) is 0 Å². The number of carbonyl (C=O) groups excluding carboxylic acids is 1. The van der Waals surface area contributed by atoms with Crippen molar-refractivity contribution in [2.45, 2.75) is 19.9 Å². The standard InChI is InChI=1S/C11H11BrN2OS/c1-2-5-14-7-8(6-13-14)11(15)9-3-4-10(12)16-9/h3-4,6-7H,2,5H2,1H3. The summed E-state index contributed by atoms with van der Waals surface area (Å²) in [6.07, 6.45) is 4.45. The fraction of sp³-hybridized carbons (Fsp3) is 0.273. The van der Waals surface area contributed by atoms with E-state index in [0.29, 0.717) is 5.56 Å². The summed E-state index contributed by atoms with van der Waals surface area (Å²) in [4.78, 5) is 12.8. The topological polar surface area (TPSA) is 34.9 Å². The van der Waals surface area contributed by atoms with E-state index in [1.165, 1.54) is 11.3 Å². The monoisotopic (exact) mass is 298 g/mol. The van der Waals surface area contributed by atoms with Crippen LogP contribution in [0.4, 0.5) is 0 Å². The highest BCUT2D eigenvalue weighted by atomic mass is 79.9. The van der Waals surface area contributed by atoms with Crippen LogP contribution in [0.2, 0.25) is 0 Å². The number of aromatic nitrogens is 2. The number of thiophene rings is 1. The Hall–Kier alpha value is -0.940. The molecular weight excluding hydrogens is 288 g/mol. The molecule has 0 unspecified atom stereocenters. The molecule has 0 aromatic carbocycles.